The Morgan fingerprint density at radius 3 is 2.50 bits per heavy atom. The van der Waals surface area contributed by atoms with Crippen molar-refractivity contribution < 1.29 is 19.0 Å². The second-order valence-electron chi connectivity index (χ2n) is 5.31. The van der Waals surface area contributed by atoms with Crippen molar-refractivity contribution in [2.24, 2.45) is 5.10 Å². The Bertz CT molecular complexity index is 765. The minimum absolute atomic E-state index is 0.251. The lowest BCUT2D eigenvalue weighted by atomic mass is 10.2. The third-order valence-electron chi connectivity index (χ3n) is 3.27. The number of nitrogens with zero attached hydrogens (tertiary/aromatic N) is 1. The maximum atomic E-state index is 10.9. The van der Waals surface area contributed by atoms with Gasteiger partial charge >= 0.3 is 0 Å². The number of halogens is 1. The summed E-state index contributed by atoms with van der Waals surface area (Å²) in [6.07, 6.45) is 2.18. The monoisotopic (exact) mass is 376 g/mol. The number of methoxy groups -OCH3 is 1. The molecule has 0 atom stereocenters. The van der Waals surface area contributed by atoms with Gasteiger partial charge in [0, 0.05) is 23.9 Å². The molecule has 0 aliphatic rings. The van der Waals surface area contributed by atoms with Crippen molar-refractivity contribution in [1.29, 1.82) is 0 Å². The number of rotatable bonds is 9. The molecule has 0 aliphatic heterocycles. The maximum absolute atomic E-state index is 10.9. The number of hydrazone groups is 1. The first kappa shape index (κ1) is 19.6. The first-order valence-corrected chi connectivity index (χ1v) is 8.45. The highest BCUT2D eigenvalue weighted by atomic mass is 35.5. The van der Waals surface area contributed by atoms with Gasteiger partial charge in [-0.2, -0.15) is 5.10 Å². The van der Waals surface area contributed by atoms with Gasteiger partial charge in [-0.15, -0.1) is 0 Å². The van der Waals surface area contributed by atoms with Gasteiger partial charge in [-0.25, -0.2) is 5.43 Å². The SMILES string of the molecule is COc1ccccc1OCCCOc1ccc(Cl)cc1/C=N/NC(C)=O. The van der Waals surface area contributed by atoms with Gasteiger partial charge in [0.15, 0.2) is 11.5 Å². The fourth-order valence-corrected chi connectivity index (χ4v) is 2.29. The van der Waals surface area contributed by atoms with E-state index in [4.69, 9.17) is 25.8 Å². The molecular weight excluding hydrogens is 356 g/mol. The molecule has 138 valence electrons. The average molecular weight is 377 g/mol. The van der Waals surface area contributed by atoms with Gasteiger partial charge in [0.25, 0.3) is 0 Å². The van der Waals surface area contributed by atoms with E-state index in [1.165, 1.54) is 13.1 Å². The van der Waals surface area contributed by atoms with Crippen LogP contribution in [0.1, 0.15) is 18.9 Å². The Hall–Kier alpha value is -2.73. The predicted octanol–water partition coefficient (Wildman–Crippen LogP) is 3.67. The van der Waals surface area contributed by atoms with Crippen LogP contribution in [-0.2, 0) is 4.79 Å². The molecule has 1 amide bonds. The molecule has 0 radical (unpaired) electrons. The number of benzene rings is 2. The van der Waals surface area contributed by atoms with Crippen molar-refractivity contribution in [3.05, 3.63) is 53.1 Å². The van der Waals surface area contributed by atoms with E-state index in [-0.39, 0.29) is 5.91 Å². The molecule has 0 fully saturated rings. The molecule has 0 bridgehead atoms. The topological polar surface area (TPSA) is 69.2 Å². The number of hydrogen-bond donors (Lipinski definition) is 1. The Morgan fingerprint density at radius 2 is 1.81 bits per heavy atom. The predicted molar refractivity (Wildman–Crippen MR) is 101 cm³/mol. The number of carbonyl (C=O) groups excluding carboxylic acids is 1. The van der Waals surface area contributed by atoms with Crippen LogP contribution in [0, 0.1) is 0 Å². The molecule has 1 N–H and O–H groups in total. The minimum atomic E-state index is -0.251. The zero-order valence-electron chi connectivity index (χ0n) is 14.7. The zero-order chi connectivity index (χ0) is 18.8. The number of amides is 1. The molecule has 0 aromatic heterocycles. The average Bonchev–Trinajstić information content (AvgIpc) is 2.63. The van der Waals surface area contributed by atoms with Gasteiger partial charge in [0.1, 0.15) is 5.75 Å². The Balaban J connectivity index is 1.85. The first-order valence-electron chi connectivity index (χ1n) is 8.08. The lowest BCUT2D eigenvalue weighted by molar-refractivity contribution is -0.118. The number of carbonyl (C=O) groups is 1. The van der Waals surface area contributed by atoms with Crippen molar-refractivity contribution in [3.63, 3.8) is 0 Å². The van der Waals surface area contributed by atoms with Gasteiger partial charge in [0.05, 0.1) is 26.5 Å². The fourth-order valence-electron chi connectivity index (χ4n) is 2.11. The van der Waals surface area contributed by atoms with E-state index in [1.54, 1.807) is 25.3 Å². The van der Waals surface area contributed by atoms with Crippen molar-refractivity contribution >= 4 is 23.7 Å². The van der Waals surface area contributed by atoms with Gasteiger partial charge in [-0.1, -0.05) is 23.7 Å². The molecule has 0 spiro atoms. The summed E-state index contributed by atoms with van der Waals surface area (Å²) in [5, 5.41) is 4.40. The summed E-state index contributed by atoms with van der Waals surface area (Å²) < 4.78 is 16.7. The molecule has 6 nitrogen and oxygen atoms in total. The fraction of sp³-hybridized carbons (Fsp3) is 0.263. The highest BCUT2D eigenvalue weighted by Gasteiger charge is 2.05. The van der Waals surface area contributed by atoms with E-state index in [2.05, 4.69) is 10.5 Å². The number of para-hydroxylation sites is 2. The molecule has 0 heterocycles. The molecule has 26 heavy (non-hydrogen) atoms. The Labute approximate surface area is 157 Å². The van der Waals surface area contributed by atoms with Crippen LogP contribution in [0.15, 0.2) is 47.6 Å². The summed E-state index contributed by atoms with van der Waals surface area (Å²) in [4.78, 5) is 10.9. The Kier molecular flexibility index (Phi) is 7.76. The third kappa shape index (κ3) is 6.29. The van der Waals surface area contributed by atoms with Gasteiger partial charge in [-0.3, -0.25) is 4.79 Å². The molecule has 7 heteroatoms. The normalized spacial score (nSPS) is 10.6. The molecule has 0 saturated carbocycles. The molecule has 0 saturated heterocycles. The van der Waals surface area contributed by atoms with Crippen LogP contribution >= 0.6 is 11.6 Å². The second-order valence-corrected chi connectivity index (χ2v) is 5.75. The lowest BCUT2D eigenvalue weighted by Crippen LogP contribution is -2.12. The van der Waals surface area contributed by atoms with Crippen LogP contribution in [0.4, 0.5) is 0 Å². The van der Waals surface area contributed by atoms with Crippen molar-refractivity contribution in [2.75, 3.05) is 20.3 Å². The first-order chi connectivity index (χ1) is 12.6. The van der Waals surface area contributed by atoms with E-state index < -0.39 is 0 Å². The molecule has 2 aromatic carbocycles. The van der Waals surface area contributed by atoms with E-state index in [0.717, 1.165) is 0 Å². The van der Waals surface area contributed by atoms with Gasteiger partial charge < -0.3 is 14.2 Å². The number of nitrogens with one attached hydrogen (secondary N) is 1. The number of ether oxygens (including phenoxy) is 3. The van der Waals surface area contributed by atoms with Crippen LogP contribution in [0.3, 0.4) is 0 Å². The van der Waals surface area contributed by atoms with E-state index in [9.17, 15) is 4.79 Å². The molecule has 0 unspecified atom stereocenters. The third-order valence-corrected chi connectivity index (χ3v) is 3.51. The summed E-state index contributed by atoms with van der Waals surface area (Å²) >= 11 is 6.00. The number of hydrogen-bond acceptors (Lipinski definition) is 5. The quantitative estimate of drug-likeness (QED) is 0.412. The second kappa shape index (κ2) is 10.3. The highest BCUT2D eigenvalue weighted by Crippen LogP contribution is 2.26. The summed E-state index contributed by atoms with van der Waals surface area (Å²) in [6, 6.07) is 12.7. The molecule has 0 aliphatic carbocycles. The molecular formula is C19H21ClN2O4. The maximum Gasteiger partial charge on any atom is 0.236 e. The molecule has 2 rings (SSSR count). The lowest BCUT2D eigenvalue weighted by Gasteiger charge is -2.12. The van der Waals surface area contributed by atoms with Crippen LogP contribution in [0.25, 0.3) is 0 Å². The van der Waals surface area contributed by atoms with Gasteiger partial charge in [-0.05, 0) is 30.3 Å². The highest BCUT2D eigenvalue weighted by molar-refractivity contribution is 6.30. The van der Waals surface area contributed by atoms with E-state index in [1.807, 2.05) is 24.3 Å². The molecule has 2 aromatic rings. The largest absolute Gasteiger partial charge is 0.493 e. The summed E-state index contributed by atoms with van der Waals surface area (Å²) in [5.74, 6) is 1.77. The van der Waals surface area contributed by atoms with Crippen LogP contribution < -0.4 is 19.6 Å². The van der Waals surface area contributed by atoms with E-state index in [0.29, 0.717) is 47.5 Å². The standard InChI is InChI=1S/C19H21ClN2O4/c1-14(23)22-21-13-15-12-16(20)8-9-17(15)25-10-5-11-26-19-7-4-3-6-18(19)24-2/h3-4,6-9,12-13H,5,10-11H2,1-2H3,(H,22,23)/b21-13+. The minimum Gasteiger partial charge on any atom is -0.493 e. The summed E-state index contributed by atoms with van der Waals surface area (Å²) in [5.41, 5.74) is 3.02. The van der Waals surface area contributed by atoms with Crippen LogP contribution in [0.5, 0.6) is 17.2 Å². The van der Waals surface area contributed by atoms with Crippen molar-refractivity contribution in [1.82, 2.24) is 5.43 Å². The van der Waals surface area contributed by atoms with Crippen molar-refractivity contribution in [2.45, 2.75) is 13.3 Å². The van der Waals surface area contributed by atoms with Gasteiger partial charge in [0.2, 0.25) is 5.91 Å². The smallest absolute Gasteiger partial charge is 0.236 e. The van der Waals surface area contributed by atoms with Crippen LogP contribution in [0.2, 0.25) is 5.02 Å². The zero-order valence-corrected chi connectivity index (χ0v) is 15.5. The summed E-state index contributed by atoms with van der Waals surface area (Å²) in [6.45, 7) is 2.33. The van der Waals surface area contributed by atoms with Crippen molar-refractivity contribution in [3.8, 4) is 17.2 Å². The Morgan fingerprint density at radius 1 is 1.12 bits per heavy atom. The summed E-state index contributed by atoms with van der Waals surface area (Å²) in [7, 11) is 1.61. The van der Waals surface area contributed by atoms with Crippen LogP contribution in [-0.4, -0.2) is 32.4 Å². The van der Waals surface area contributed by atoms with E-state index >= 15 is 0 Å².